The lowest BCUT2D eigenvalue weighted by Crippen LogP contribution is -2.34. The highest BCUT2D eigenvalue weighted by molar-refractivity contribution is 5.95. The third-order valence-electron chi connectivity index (χ3n) is 4.78. The topological polar surface area (TPSA) is 32.3 Å². The fraction of sp³-hybridized carbons (Fsp3) is 0.136. The fourth-order valence-corrected chi connectivity index (χ4v) is 3.50. The van der Waals surface area contributed by atoms with Gasteiger partial charge in [-0.2, -0.15) is 0 Å². The highest BCUT2D eigenvalue weighted by Gasteiger charge is 2.32. The van der Waals surface area contributed by atoms with E-state index >= 15 is 0 Å². The molecule has 0 aliphatic carbocycles. The van der Waals surface area contributed by atoms with E-state index in [1.807, 2.05) is 59.5 Å². The summed E-state index contributed by atoms with van der Waals surface area (Å²) in [4.78, 5) is 15.1. The molecule has 1 aliphatic heterocycles. The highest BCUT2D eigenvalue weighted by atomic mass is 19.1. The number of anilines is 1. The van der Waals surface area contributed by atoms with Gasteiger partial charge < -0.3 is 5.32 Å². The monoisotopic (exact) mass is 364 g/mol. The average Bonchev–Trinajstić information content (AvgIpc) is 3.09. The Balaban J connectivity index is 1.65. The molecule has 3 aromatic carbocycles. The normalized spacial score (nSPS) is 14.6. The number of halogens is 2. The zero-order valence-electron chi connectivity index (χ0n) is 14.5. The van der Waals surface area contributed by atoms with Gasteiger partial charge in [-0.3, -0.25) is 9.69 Å². The Kier molecular flexibility index (Phi) is 4.69. The number of rotatable bonds is 4. The van der Waals surface area contributed by atoms with Gasteiger partial charge >= 0.3 is 0 Å². The number of fused-ring (bicyclic) bond motifs is 1. The average molecular weight is 364 g/mol. The maximum Gasteiger partial charge on any atom is 0.246 e. The number of hydrogen-bond acceptors (Lipinski definition) is 2. The van der Waals surface area contributed by atoms with Gasteiger partial charge in [0.05, 0.1) is 5.69 Å². The maximum absolute atomic E-state index is 14.0. The molecule has 0 saturated heterocycles. The second-order valence-electron chi connectivity index (χ2n) is 6.60. The number of nitrogens with zero attached hydrogens (tertiary/aromatic N) is 1. The molecular formula is C22H18F2N2O. The van der Waals surface area contributed by atoms with Crippen LogP contribution >= 0.6 is 0 Å². The van der Waals surface area contributed by atoms with Crippen molar-refractivity contribution in [1.29, 1.82) is 0 Å². The molecule has 0 aromatic heterocycles. The van der Waals surface area contributed by atoms with Crippen molar-refractivity contribution in [1.82, 2.24) is 4.90 Å². The van der Waals surface area contributed by atoms with Gasteiger partial charge in [-0.1, -0.05) is 54.6 Å². The Morgan fingerprint density at radius 3 is 2.19 bits per heavy atom. The zero-order chi connectivity index (χ0) is 18.8. The maximum atomic E-state index is 14.0. The molecule has 1 aliphatic rings. The second-order valence-corrected chi connectivity index (χ2v) is 6.60. The van der Waals surface area contributed by atoms with E-state index in [4.69, 9.17) is 0 Å². The largest absolute Gasteiger partial charge is 0.322 e. The summed E-state index contributed by atoms with van der Waals surface area (Å²) >= 11 is 0. The van der Waals surface area contributed by atoms with Crippen molar-refractivity contribution in [2.45, 2.75) is 19.1 Å². The van der Waals surface area contributed by atoms with Crippen molar-refractivity contribution in [3.8, 4) is 0 Å². The summed E-state index contributed by atoms with van der Waals surface area (Å²) in [6.45, 7) is 1.24. The molecular weight excluding hydrogens is 346 g/mol. The van der Waals surface area contributed by atoms with Crippen LogP contribution in [0.1, 0.15) is 22.7 Å². The first kappa shape index (κ1) is 17.4. The van der Waals surface area contributed by atoms with E-state index in [9.17, 15) is 13.6 Å². The molecule has 1 atom stereocenters. The number of carbonyl (C=O) groups excluding carboxylic acids is 1. The van der Waals surface area contributed by atoms with E-state index < -0.39 is 23.6 Å². The quantitative estimate of drug-likeness (QED) is 0.730. The number of nitrogens with one attached hydrogen (secondary N) is 1. The molecule has 5 heteroatoms. The van der Waals surface area contributed by atoms with Gasteiger partial charge in [-0.25, -0.2) is 8.78 Å². The van der Waals surface area contributed by atoms with E-state index in [0.29, 0.717) is 13.1 Å². The van der Waals surface area contributed by atoms with Crippen LogP contribution in [0.15, 0.2) is 72.8 Å². The lowest BCUT2D eigenvalue weighted by molar-refractivity contribution is -0.121. The zero-order valence-corrected chi connectivity index (χ0v) is 14.5. The Labute approximate surface area is 156 Å². The van der Waals surface area contributed by atoms with Gasteiger partial charge in [0.2, 0.25) is 5.91 Å². The lowest BCUT2D eigenvalue weighted by Gasteiger charge is -2.27. The third-order valence-corrected chi connectivity index (χ3v) is 4.78. The minimum absolute atomic E-state index is 0.155. The van der Waals surface area contributed by atoms with Crippen molar-refractivity contribution in [3.05, 3.63) is 101 Å². The van der Waals surface area contributed by atoms with Crippen LogP contribution in [0.3, 0.4) is 0 Å². The number of benzene rings is 3. The van der Waals surface area contributed by atoms with Crippen molar-refractivity contribution in [3.63, 3.8) is 0 Å². The van der Waals surface area contributed by atoms with Crippen LogP contribution in [0.2, 0.25) is 0 Å². The molecule has 0 radical (unpaired) electrons. The first-order chi connectivity index (χ1) is 13.1. The highest BCUT2D eigenvalue weighted by Crippen LogP contribution is 2.32. The number of hydrogen-bond donors (Lipinski definition) is 1. The molecule has 136 valence electrons. The van der Waals surface area contributed by atoms with Crippen LogP contribution < -0.4 is 5.32 Å². The number of amides is 1. The Bertz CT molecular complexity index is 950. The van der Waals surface area contributed by atoms with Gasteiger partial charge in [0, 0.05) is 19.2 Å². The van der Waals surface area contributed by atoms with E-state index in [-0.39, 0.29) is 5.69 Å². The van der Waals surface area contributed by atoms with Gasteiger partial charge in [-0.15, -0.1) is 0 Å². The van der Waals surface area contributed by atoms with Gasteiger partial charge in [0.15, 0.2) is 0 Å². The van der Waals surface area contributed by atoms with Crippen LogP contribution in [0.4, 0.5) is 14.5 Å². The molecule has 0 saturated carbocycles. The van der Waals surface area contributed by atoms with E-state index in [1.165, 1.54) is 11.1 Å². The molecule has 1 amide bonds. The number of carbonyl (C=O) groups is 1. The summed E-state index contributed by atoms with van der Waals surface area (Å²) in [6.07, 6.45) is 0. The minimum atomic E-state index is -0.665. The Hall–Kier alpha value is -3.05. The van der Waals surface area contributed by atoms with E-state index in [0.717, 1.165) is 23.8 Å². The molecule has 3 aromatic rings. The SMILES string of the molecule is O=C(Nc1cc(F)ccc1F)[C@@H](c1ccccc1)N1Cc2ccccc2C1. The molecule has 27 heavy (non-hydrogen) atoms. The Morgan fingerprint density at radius 1 is 0.889 bits per heavy atom. The summed E-state index contributed by atoms with van der Waals surface area (Å²) in [7, 11) is 0. The fourth-order valence-electron chi connectivity index (χ4n) is 3.50. The van der Waals surface area contributed by atoms with Crippen LogP contribution in [-0.4, -0.2) is 10.8 Å². The van der Waals surface area contributed by atoms with E-state index in [2.05, 4.69) is 5.32 Å². The van der Waals surface area contributed by atoms with Gasteiger partial charge in [0.25, 0.3) is 0 Å². The lowest BCUT2D eigenvalue weighted by atomic mass is 10.0. The van der Waals surface area contributed by atoms with Crippen molar-refractivity contribution < 1.29 is 13.6 Å². The van der Waals surface area contributed by atoms with E-state index in [1.54, 1.807) is 0 Å². The van der Waals surface area contributed by atoms with Crippen molar-refractivity contribution in [2.24, 2.45) is 0 Å². The molecule has 0 fully saturated rings. The summed E-state index contributed by atoms with van der Waals surface area (Å²) < 4.78 is 27.5. The molecule has 1 heterocycles. The smallest absolute Gasteiger partial charge is 0.246 e. The first-order valence-electron chi connectivity index (χ1n) is 8.73. The Morgan fingerprint density at radius 2 is 1.52 bits per heavy atom. The third kappa shape index (κ3) is 3.59. The molecule has 0 bridgehead atoms. The molecule has 3 nitrogen and oxygen atoms in total. The van der Waals surface area contributed by atoms with Gasteiger partial charge in [-0.05, 0) is 28.8 Å². The van der Waals surface area contributed by atoms with Crippen LogP contribution in [0, 0.1) is 11.6 Å². The molecule has 0 unspecified atom stereocenters. The summed E-state index contributed by atoms with van der Waals surface area (Å²) in [5.74, 6) is -1.66. The molecule has 1 N–H and O–H groups in total. The molecule has 4 rings (SSSR count). The molecule has 0 spiro atoms. The standard InChI is InChI=1S/C22H18F2N2O/c23-18-10-11-19(24)20(12-18)25-22(27)21(15-6-2-1-3-7-15)26-13-16-8-4-5-9-17(16)14-26/h1-12,21H,13-14H2,(H,25,27)/t21-/m1/s1. The summed E-state index contributed by atoms with van der Waals surface area (Å²) in [6, 6.07) is 19.8. The van der Waals surface area contributed by atoms with Crippen LogP contribution in [-0.2, 0) is 17.9 Å². The van der Waals surface area contributed by atoms with Crippen molar-refractivity contribution >= 4 is 11.6 Å². The van der Waals surface area contributed by atoms with Crippen molar-refractivity contribution in [2.75, 3.05) is 5.32 Å². The first-order valence-corrected chi connectivity index (χ1v) is 8.73. The van der Waals surface area contributed by atoms with Gasteiger partial charge in [0.1, 0.15) is 17.7 Å². The second kappa shape index (κ2) is 7.29. The summed E-state index contributed by atoms with van der Waals surface area (Å²) in [5, 5.41) is 2.56. The van der Waals surface area contributed by atoms with Crippen LogP contribution in [0.5, 0.6) is 0 Å². The predicted octanol–water partition coefficient (Wildman–Crippen LogP) is 4.66. The minimum Gasteiger partial charge on any atom is -0.322 e. The predicted molar refractivity (Wildman–Crippen MR) is 99.9 cm³/mol. The van der Waals surface area contributed by atoms with Crippen LogP contribution in [0.25, 0.3) is 0 Å². The summed E-state index contributed by atoms with van der Waals surface area (Å²) in [5.41, 5.74) is 2.99.